The Hall–Kier alpha value is -2.18. The molecule has 3 rings (SSSR count). The first-order chi connectivity index (χ1) is 12.3. The van der Waals surface area contributed by atoms with Crippen molar-refractivity contribution in [1.29, 1.82) is 0 Å². The van der Waals surface area contributed by atoms with Crippen molar-refractivity contribution < 1.29 is 13.2 Å². The molecule has 1 heterocycles. The minimum absolute atomic E-state index is 0.00895. The third-order valence-electron chi connectivity index (χ3n) is 4.75. The van der Waals surface area contributed by atoms with Gasteiger partial charge >= 0.3 is 0 Å². The van der Waals surface area contributed by atoms with Gasteiger partial charge in [-0.1, -0.05) is 42.0 Å². The Morgan fingerprint density at radius 3 is 2.50 bits per heavy atom. The molecule has 0 radical (unpaired) electrons. The molecule has 5 nitrogen and oxygen atoms in total. The second-order valence-electron chi connectivity index (χ2n) is 6.89. The van der Waals surface area contributed by atoms with Crippen LogP contribution < -0.4 is 10.6 Å². The number of benzene rings is 2. The Labute approximate surface area is 154 Å². The summed E-state index contributed by atoms with van der Waals surface area (Å²) in [7, 11) is -3.31. The molecule has 0 spiro atoms. The van der Waals surface area contributed by atoms with E-state index in [1.165, 1.54) is 6.26 Å². The zero-order chi connectivity index (χ0) is 18.7. The van der Waals surface area contributed by atoms with Crippen molar-refractivity contribution >= 4 is 15.7 Å². The van der Waals surface area contributed by atoms with Gasteiger partial charge in [-0.25, -0.2) is 8.42 Å². The van der Waals surface area contributed by atoms with Gasteiger partial charge in [-0.3, -0.25) is 4.79 Å². The van der Waals surface area contributed by atoms with Gasteiger partial charge < -0.3 is 10.6 Å². The highest BCUT2D eigenvalue weighted by Gasteiger charge is 2.26. The van der Waals surface area contributed by atoms with Gasteiger partial charge in [0.25, 0.3) is 0 Å². The summed E-state index contributed by atoms with van der Waals surface area (Å²) in [6, 6.07) is 14.3. The minimum Gasteiger partial charge on any atom is -0.345 e. The average Bonchev–Trinajstić information content (AvgIpc) is 3.14. The maximum Gasteiger partial charge on any atom is 0.225 e. The highest BCUT2D eigenvalue weighted by atomic mass is 32.2. The fraction of sp³-hybridized carbons (Fsp3) is 0.350. The number of hydrogen-bond donors (Lipinski definition) is 2. The number of amides is 1. The van der Waals surface area contributed by atoms with Crippen LogP contribution in [0.25, 0.3) is 0 Å². The van der Waals surface area contributed by atoms with E-state index in [0.29, 0.717) is 6.54 Å². The molecule has 1 fully saturated rings. The molecule has 0 aliphatic carbocycles. The first kappa shape index (κ1) is 18.6. The van der Waals surface area contributed by atoms with Crippen molar-refractivity contribution in [3.05, 3.63) is 65.2 Å². The molecule has 6 heteroatoms. The predicted octanol–water partition coefficient (Wildman–Crippen LogP) is 2.21. The van der Waals surface area contributed by atoms with Gasteiger partial charge in [0.15, 0.2) is 9.84 Å². The fourth-order valence-corrected chi connectivity index (χ4v) is 3.86. The third kappa shape index (κ3) is 4.31. The molecule has 2 unspecified atom stereocenters. The Bertz CT molecular complexity index is 886. The molecule has 2 aromatic carbocycles. The molecule has 26 heavy (non-hydrogen) atoms. The quantitative estimate of drug-likeness (QED) is 0.844. The van der Waals surface area contributed by atoms with Crippen molar-refractivity contribution in [2.45, 2.75) is 24.3 Å². The molecule has 2 N–H and O–H groups in total. The molecule has 138 valence electrons. The number of aryl methyl sites for hydroxylation is 1. The highest BCUT2D eigenvalue weighted by Crippen LogP contribution is 2.25. The van der Waals surface area contributed by atoms with Crippen LogP contribution in [-0.4, -0.2) is 33.7 Å². The van der Waals surface area contributed by atoms with Crippen LogP contribution in [0.5, 0.6) is 0 Å². The van der Waals surface area contributed by atoms with Crippen LogP contribution in [0.1, 0.15) is 29.2 Å². The van der Waals surface area contributed by atoms with Crippen LogP contribution in [0.4, 0.5) is 0 Å². The lowest BCUT2D eigenvalue weighted by atomic mass is 9.96. The van der Waals surface area contributed by atoms with Crippen LogP contribution in [0.15, 0.2) is 53.4 Å². The van der Waals surface area contributed by atoms with Crippen molar-refractivity contribution in [3.8, 4) is 0 Å². The van der Waals surface area contributed by atoms with Gasteiger partial charge in [-0.2, -0.15) is 0 Å². The maximum atomic E-state index is 12.7. The first-order valence-electron chi connectivity index (χ1n) is 8.72. The number of rotatable bonds is 5. The SMILES string of the molecule is Cc1ccc(C(NC(=O)C2CCNC2)c2cccc(S(C)(=O)=O)c2)cc1. The summed E-state index contributed by atoms with van der Waals surface area (Å²) in [6.45, 7) is 3.53. The van der Waals surface area contributed by atoms with Gasteiger partial charge in [0.1, 0.15) is 0 Å². The van der Waals surface area contributed by atoms with E-state index >= 15 is 0 Å². The number of carbonyl (C=O) groups excluding carboxylic acids is 1. The number of hydrogen-bond acceptors (Lipinski definition) is 4. The summed E-state index contributed by atoms with van der Waals surface area (Å²) in [5.41, 5.74) is 2.82. The van der Waals surface area contributed by atoms with E-state index in [0.717, 1.165) is 29.7 Å². The zero-order valence-corrected chi connectivity index (χ0v) is 15.8. The van der Waals surface area contributed by atoms with Gasteiger partial charge in [-0.15, -0.1) is 0 Å². The van der Waals surface area contributed by atoms with E-state index in [9.17, 15) is 13.2 Å². The lowest BCUT2D eigenvalue weighted by Crippen LogP contribution is -2.35. The van der Waals surface area contributed by atoms with Crippen molar-refractivity contribution in [3.63, 3.8) is 0 Å². The molecular weight excluding hydrogens is 348 g/mol. The standard InChI is InChI=1S/C20H24N2O3S/c1-14-6-8-15(9-7-14)19(22-20(23)17-10-11-21-13-17)16-4-3-5-18(12-16)26(2,24)25/h3-9,12,17,19,21H,10-11,13H2,1-2H3,(H,22,23). The molecule has 0 aromatic heterocycles. The Morgan fingerprint density at radius 1 is 1.15 bits per heavy atom. The monoisotopic (exact) mass is 372 g/mol. The molecule has 2 atom stereocenters. The molecule has 0 saturated carbocycles. The number of sulfone groups is 1. The lowest BCUT2D eigenvalue weighted by molar-refractivity contribution is -0.124. The van der Waals surface area contributed by atoms with Crippen LogP contribution in [0.2, 0.25) is 0 Å². The summed E-state index contributed by atoms with van der Waals surface area (Å²) in [5.74, 6) is -0.0635. The van der Waals surface area contributed by atoms with Crippen LogP contribution in [0, 0.1) is 12.8 Å². The van der Waals surface area contributed by atoms with Gasteiger partial charge in [0.05, 0.1) is 16.9 Å². The largest absolute Gasteiger partial charge is 0.345 e. The van der Waals surface area contributed by atoms with Crippen LogP contribution >= 0.6 is 0 Å². The summed E-state index contributed by atoms with van der Waals surface area (Å²) in [5, 5.41) is 6.32. The zero-order valence-electron chi connectivity index (χ0n) is 15.0. The van der Waals surface area contributed by atoms with Crippen molar-refractivity contribution in [1.82, 2.24) is 10.6 Å². The molecule has 1 saturated heterocycles. The van der Waals surface area contributed by atoms with E-state index < -0.39 is 9.84 Å². The van der Waals surface area contributed by atoms with E-state index in [-0.39, 0.29) is 22.8 Å². The summed E-state index contributed by atoms with van der Waals surface area (Å²) in [4.78, 5) is 12.9. The van der Waals surface area contributed by atoms with Gasteiger partial charge in [0.2, 0.25) is 5.91 Å². The number of nitrogens with one attached hydrogen (secondary N) is 2. The third-order valence-corrected chi connectivity index (χ3v) is 5.86. The van der Waals surface area contributed by atoms with Crippen molar-refractivity contribution in [2.75, 3.05) is 19.3 Å². The lowest BCUT2D eigenvalue weighted by Gasteiger charge is -2.22. The smallest absolute Gasteiger partial charge is 0.225 e. The second kappa shape index (κ2) is 7.60. The van der Waals surface area contributed by atoms with E-state index in [2.05, 4.69) is 10.6 Å². The fourth-order valence-electron chi connectivity index (χ4n) is 3.18. The minimum atomic E-state index is -3.31. The molecule has 2 aromatic rings. The van der Waals surface area contributed by atoms with Crippen LogP contribution in [-0.2, 0) is 14.6 Å². The second-order valence-corrected chi connectivity index (χ2v) is 8.90. The van der Waals surface area contributed by atoms with E-state index in [1.54, 1.807) is 18.2 Å². The normalized spacial score (nSPS) is 18.5. The van der Waals surface area contributed by atoms with Crippen LogP contribution in [0.3, 0.4) is 0 Å². The molecule has 1 amide bonds. The van der Waals surface area contributed by atoms with Gasteiger partial charge in [0, 0.05) is 12.8 Å². The molecular formula is C20H24N2O3S. The first-order valence-corrected chi connectivity index (χ1v) is 10.6. The molecule has 0 bridgehead atoms. The molecule has 1 aliphatic heterocycles. The Balaban J connectivity index is 1.97. The van der Waals surface area contributed by atoms with Crippen molar-refractivity contribution in [2.24, 2.45) is 5.92 Å². The topological polar surface area (TPSA) is 75.3 Å². The Kier molecular flexibility index (Phi) is 5.44. The van der Waals surface area contributed by atoms with E-state index in [1.807, 2.05) is 37.3 Å². The predicted molar refractivity (Wildman–Crippen MR) is 102 cm³/mol. The highest BCUT2D eigenvalue weighted by molar-refractivity contribution is 7.90. The average molecular weight is 372 g/mol. The van der Waals surface area contributed by atoms with Gasteiger partial charge in [-0.05, 0) is 43.1 Å². The number of carbonyl (C=O) groups is 1. The summed E-state index contributed by atoms with van der Waals surface area (Å²) in [6.07, 6.45) is 2.01. The maximum absolute atomic E-state index is 12.7. The van der Waals surface area contributed by atoms with E-state index in [4.69, 9.17) is 0 Å². The summed E-state index contributed by atoms with van der Waals surface area (Å²) >= 11 is 0. The summed E-state index contributed by atoms with van der Waals surface area (Å²) < 4.78 is 23.8. The molecule has 1 aliphatic rings. The Morgan fingerprint density at radius 2 is 1.88 bits per heavy atom.